The van der Waals surface area contributed by atoms with Gasteiger partial charge in [-0.05, 0) is 30.5 Å². The number of fused-ring (bicyclic) bond motifs is 2. The first kappa shape index (κ1) is 18.8. The van der Waals surface area contributed by atoms with Crippen LogP contribution in [0, 0.1) is 5.92 Å². The summed E-state index contributed by atoms with van der Waals surface area (Å²) in [6.45, 7) is 0. The number of hydrogen-bond acceptors (Lipinski definition) is 5. The minimum Gasteiger partial charge on any atom is -0.357 e. The van der Waals surface area contributed by atoms with Crippen molar-refractivity contribution < 1.29 is 4.79 Å². The summed E-state index contributed by atoms with van der Waals surface area (Å²) >= 11 is 0. The fraction of sp³-hybridized carbons (Fsp3) is 0.391. The highest BCUT2D eigenvalue weighted by atomic mass is 16.1. The van der Waals surface area contributed by atoms with Crippen LogP contribution in [0.4, 0.5) is 5.95 Å². The molecule has 1 fully saturated rings. The first-order chi connectivity index (χ1) is 14.7. The van der Waals surface area contributed by atoms with Gasteiger partial charge in [-0.3, -0.25) is 4.79 Å². The lowest BCUT2D eigenvalue weighted by molar-refractivity contribution is 0.0900. The third kappa shape index (κ3) is 3.34. The smallest absolute Gasteiger partial charge is 0.224 e. The zero-order chi connectivity index (χ0) is 20.5. The molecule has 4 aromatic heterocycles. The molecule has 0 spiro atoms. The number of nitrogens with one attached hydrogen (secondary N) is 2. The van der Waals surface area contributed by atoms with Crippen molar-refractivity contribution in [3.05, 3.63) is 42.5 Å². The van der Waals surface area contributed by atoms with E-state index in [0.717, 1.165) is 58.9 Å². The molecule has 2 N–H and O–H groups in total. The Hall–Kier alpha value is -3.22. The van der Waals surface area contributed by atoms with Gasteiger partial charge in [0.05, 0.1) is 17.3 Å². The van der Waals surface area contributed by atoms with Crippen molar-refractivity contribution in [1.82, 2.24) is 24.6 Å². The zero-order valence-electron chi connectivity index (χ0n) is 17.2. The van der Waals surface area contributed by atoms with Crippen LogP contribution in [-0.4, -0.2) is 37.4 Å². The normalized spacial score (nSPS) is 15.9. The number of carbonyl (C=O) groups excluding carboxylic acids is 1. The molecule has 0 aromatic carbocycles. The standard InChI is InChI=1S/C23H26N6O/c1-24-23-26-13-18-17(12-25-22(18)28-23)16-9-10-29-20(11-16)19(14-27-29)21(30)15-7-5-3-2-4-6-8-15/h9-15H,2-8H2,1H3,(H2,24,25,26,28). The Morgan fingerprint density at radius 1 is 1.17 bits per heavy atom. The highest BCUT2D eigenvalue weighted by molar-refractivity contribution is 6.04. The van der Waals surface area contributed by atoms with Gasteiger partial charge >= 0.3 is 0 Å². The molecule has 0 atom stereocenters. The van der Waals surface area contributed by atoms with Crippen molar-refractivity contribution >= 4 is 28.3 Å². The Morgan fingerprint density at radius 2 is 1.97 bits per heavy atom. The van der Waals surface area contributed by atoms with Crippen molar-refractivity contribution in [2.45, 2.75) is 44.9 Å². The van der Waals surface area contributed by atoms with Crippen LogP contribution < -0.4 is 5.32 Å². The average Bonchev–Trinajstić information content (AvgIpc) is 3.36. The number of carbonyl (C=O) groups is 1. The van der Waals surface area contributed by atoms with Gasteiger partial charge in [0.2, 0.25) is 5.95 Å². The maximum atomic E-state index is 13.3. The van der Waals surface area contributed by atoms with E-state index in [4.69, 9.17) is 0 Å². The summed E-state index contributed by atoms with van der Waals surface area (Å²) in [5, 5.41) is 8.35. The minimum absolute atomic E-state index is 0.114. The molecule has 0 aliphatic heterocycles. The molecule has 0 saturated heterocycles. The van der Waals surface area contributed by atoms with Crippen LogP contribution in [0.1, 0.15) is 55.3 Å². The highest BCUT2D eigenvalue weighted by Gasteiger charge is 2.24. The van der Waals surface area contributed by atoms with Crippen molar-refractivity contribution in [3.8, 4) is 11.1 Å². The van der Waals surface area contributed by atoms with Crippen molar-refractivity contribution in [2.75, 3.05) is 12.4 Å². The third-order valence-electron chi connectivity index (χ3n) is 6.23. The van der Waals surface area contributed by atoms with E-state index < -0.39 is 0 Å². The molecule has 4 heterocycles. The number of hydrogen-bond donors (Lipinski definition) is 2. The van der Waals surface area contributed by atoms with E-state index in [9.17, 15) is 4.79 Å². The Balaban J connectivity index is 1.52. The SMILES string of the molecule is CNc1ncc2c(-c3ccn4ncc(C(=O)C5CCCCCCC5)c4c3)c[nH]c2n1. The molecule has 7 nitrogen and oxygen atoms in total. The second kappa shape index (κ2) is 7.89. The monoisotopic (exact) mass is 402 g/mol. The molecule has 1 aliphatic rings. The maximum absolute atomic E-state index is 13.3. The van der Waals surface area contributed by atoms with Crippen LogP contribution in [0.15, 0.2) is 36.9 Å². The highest BCUT2D eigenvalue weighted by Crippen LogP contribution is 2.31. The van der Waals surface area contributed by atoms with Gasteiger partial charge in [0.1, 0.15) is 5.65 Å². The topological polar surface area (TPSA) is 88.0 Å². The lowest BCUT2D eigenvalue weighted by Gasteiger charge is -2.18. The number of ketones is 1. The first-order valence-corrected chi connectivity index (χ1v) is 10.8. The first-order valence-electron chi connectivity index (χ1n) is 10.8. The van der Waals surface area contributed by atoms with Crippen LogP contribution in [0.3, 0.4) is 0 Å². The number of aromatic nitrogens is 5. The van der Waals surface area contributed by atoms with Gasteiger partial charge in [-0.2, -0.15) is 10.1 Å². The van der Waals surface area contributed by atoms with Gasteiger partial charge in [0.15, 0.2) is 5.78 Å². The molecule has 5 rings (SSSR count). The van der Waals surface area contributed by atoms with E-state index in [1.54, 1.807) is 17.8 Å². The molecule has 0 bridgehead atoms. The molecule has 7 heteroatoms. The molecule has 30 heavy (non-hydrogen) atoms. The van der Waals surface area contributed by atoms with Crippen LogP contribution in [0.2, 0.25) is 0 Å². The van der Waals surface area contributed by atoms with E-state index in [1.165, 1.54) is 19.3 Å². The molecule has 0 unspecified atom stereocenters. The number of H-pyrrole nitrogens is 1. The third-order valence-corrected chi connectivity index (χ3v) is 6.23. The van der Waals surface area contributed by atoms with Crippen LogP contribution >= 0.6 is 0 Å². The fourth-order valence-electron chi connectivity index (χ4n) is 4.54. The summed E-state index contributed by atoms with van der Waals surface area (Å²) in [7, 11) is 1.80. The van der Waals surface area contributed by atoms with Gasteiger partial charge in [-0.1, -0.05) is 32.1 Å². The molecule has 0 amide bonds. The van der Waals surface area contributed by atoms with Crippen LogP contribution in [0.5, 0.6) is 0 Å². The molecule has 154 valence electrons. The Bertz CT molecular complexity index is 1200. The van der Waals surface area contributed by atoms with Crippen LogP contribution in [0.25, 0.3) is 27.7 Å². The summed E-state index contributed by atoms with van der Waals surface area (Å²) in [5.74, 6) is 0.933. The maximum Gasteiger partial charge on any atom is 0.224 e. The summed E-state index contributed by atoms with van der Waals surface area (Å²) < 4.78 is 1.80. The second-order valence-corrected chi connectivity index (χ2v) is 8.12. The largest absolute Gasteiger partial charge is 0.357 e. The van der Waals surface area contributed by atoms with Crippen molar-refractivity contribution in [2.24, 2.45) is 5.92 Å². The minimum atomic E-state index is 0.114. The number of aromatic amines is 1. The predicted molar refractivity (Wildman–Crippen MR) is 118 cm³/mol. The lowest BCUT2D eigenvalue weighted by atomic mass is 9.86. The Kier molecular flexibility index (Phi) is 4.94. The van der Waals surface area contributed by atoms with E-state index >= 15 is 0 Å². The van der Waals surface area contributed by atoms with Crippen molar-refractivity contribution in [1.29, 1.82) is 0 Å². The van der Waals surface area contributed by atoms with Gasteiger partial charge in [-0.25, -0.2) is 9.50 Å². The summed E-state index contributed by atoms with van der Waals surface area (Å²) in [4.78, 5) is 25.4. The number of anilines is 1. The van der Waals surface area contributed by atoms with Gasteiger partial charge in [-0.15, -0.1) is 0 Å². The predicted octanol–water partition coefficient (Wildman–Crippen LogP) is 4.86. The van der Waals surface area contributed by atoms with Gasteiger partial charge in [0.25, 0.3) is 0 Å². The Labute approximate surface area is 174 Å². The summed E-state index contributed by atoms with van der Waals surface area (Å²) in [6.07, 6.45) is 15.5. The number of pyridine rings is 1. The number of nitrogens with zero attached hydrogens (tertiary/aromatic N) is 4. The van der Waals surface area contributed by atoms with Gasteiger partial charge < -0.3 is 10.3 Å². The lowest BCUT2D eigenvalue weighted by Crippen LogP contribution is -2.16. The molecule has 0 radical (unpaired) electrons. The average molecular weight is 403 g/mol. The van der Waals surface area contributed by atoms with Crippen LogP contribution in [-0.2, 0) is 0 Å². The molecule has 1 aliphatic carbocycles. The summed E-state index contributed by atoms with van der Waals surface area (Å²) in [5.41, 5.74) is 4.41. The van der Waals surface area contributed by atoms with Gasteiger partial charge in [0, 0.05) is 42.5 Å². The Morgan fingerprint density at radius 3 is 2.77 bits per heavy atom. The quantitative estimate of drug-likeness (QED) is 0.476. The van der Waals surface area contributed by atoms with E-state index in [2.05, 4.69) is 31.4 Å². The van der Waals surface area contributed by atoms with E-state index in [-0.39, 0.29) is 11.7 Å². The molecule has 4 aromatic rings. The second-order valence-electron chi connectivity index (χ2n) is 8.12. The number of Topliss-reactive ketones (excluding diaryl/α,β-unsaturated/α-hetero) is 1. The number of rotatable bonds is 4. The molecular formula is C23H26N6O. The zero-order valence-corrected chi connectivity index (χ0v) is 17.2. The molecular weight excluding hydrogens is 376 g/mol. The fourth-order valence-corrected chi connectivity index (χ4v) is 4.54. The van der Waals surface area contributed by atoms with E-state index in [1.807, 2.05) is 24.7 Å². The summed E-state index contributed by atoms with van der Waals surface area (Å²) in [6, 6.07) is 4.07. The van der Waals surface area contributed by atoms with Crippen molar-refractivity contribution in [3.63, 3.8) is 0 Å². The molecule has 1 saturated carbocycles. The van der Waals surface area contributed by atoms with E-state index in [0.29, 0.717) is 5.95 Å².